The van der Waals surface area contributed by atoms with E-state index in [4.69, 9.17) is 5.11 Å². The van der Waals surface area contributed by atoms with Gasteiger partial charge in [-0.05, 0) is 19.8 Å². The van der Waals surface area contributed by atoms with Gasteiger partial charge in [0.25, 0.3) is 0 Å². The minimum Gasteiger partial charge on any atom is -0.480 e. The molecule has 0 saturated heterocycles. The Bertz CT molecular complexity index is 492. The van der Waals surface area contributed by atoms with E-state index in [0.717, 1.165) is 17.0 Å². The van der Waals surface area contributed by atoms with Crippen molar-refractivity contribution in [3.8, 4) is 0 Å². The predicted octanol–water partition coefficient (Wildman–Crippen LogP) is 0.805. The molecule has 0 unspecified atom stereocenters. The Hall–Kier alpha value is -1.85. The van der Waals surface area contributed by atoms with Crippen molar-refractivity contribution < 1.29 is 14.7 Å². The van der Waals surface area contributed by atoms with Gasteiger partial charge in [0.1, 0.15) is 6.04 Å². The highest BCUT2D eigenvalue weighted by atomic mass is 16.4. The SMILES string of the molecule is Cc1nn(C)c(C)c1CC(=O)N[C@@H](C(=O)O)C(C)C. The van der Waals surface area contributed by atoms with Crippen molar-refractivity contribution in [1.82, 2.24) is 15.1 Å². The highest BCUT2D eigenvalue weighted by Gasteiger charge is 2.24. The Balaban J connectivity index is 2.77. The quantitative estimate of drug-likeness (QED) is 0.826. The van der Waals surface area contributed by atoms with Crippen LogP contribution in [0.3, 0.4) is 0 Å². The molecule has 0 aliphatic rings. The molecule has 1 amide bonds. The molecule has 2 N–H and O–H groups in total. The molecule has 0 saturated carbocycles. The zero-order valence-electron chi connectivity index (χ0n) is 12.0. The molecule has 1 rings (SSSR count). The highest BCUT2D eigenvalue weighted by Crippen LogP contribution is 2.13. The summed E-state index contributed by atoms with van der Waals surface area (Å²) >= 11 is 0. The van der Waals surface area contributed by atoms with Crippen LogP contribution in [0.4, 0.5) is 0 Å². The number of rotatable bonds is 5. The third kappa shape index (κ3) is 3.56. The Kier molecular flexibility index (Phi) is 4.69. The Morgan fingerprint density at radius 1 is 1.37 bits per heavy atom. The molecule has 6 nitrogen and oxygen atoms in total. The van der Waals surface area contributed by atoms with Gasteiger partial charge in [-0.15, -0.1) is 0 Å². The lowest BCUT2D eigenvalue weighted by Crippen LogP contribution is -2.45. The van der Waals surface area contributed by atoms with Crippen molar-refractivity contribution >= 4 is 11.9 Å². The van der Waals surface area contributed by atoms with Crippen LogP contribution in [0.5, 0.6) is 0 Å². The molecule has 19 heavy (non-hydrogen) atoms. The van der Waals surface area contributed by atoms with E-state index in [2.05, 4.69) is 10.4 Å². The molecule has 1 atom stereocenters. The van der Waals surface area contributed by atoms with E-state index in [1.54, 1.807) is 18.5 Å². The number of nitrogens with one attached hydrogen (secondary N) is 1. The van der Waals surface area contributed by atoms with Gasteiger partial charge in [0.2, 0.25) is 5.91 Å². The topological polar surface area (TPSA) is 84.2 Å². The van der Waals surface area contributed by atoms with Crippen LogP contribution in [0, 0.1) is 19.8 Å². The van der Waals surface area contributed by atoms with Crippen LogP contribution >= 0.6 is 0 Å². The Morgan fingerprint density at radius 2 is 1.95 bits per heavy atom. The predicted molar refractivity (Wildman–Crippen MR) is 70.8 cm³/mol. The smallest absolute Gasteiger partial charge is 0.326 e. The van der Waals surface area contributed by atoms with Crippen LogP contribution in [-0.2, 0) is 23.1 Å². The number of carbonyl (C=O) groups is 2. The van der Waals surface area contributed by atoms with Gasteiger partial charge in [0, 0.05) is 18.3 Å². The lowest BCUT2D eigenvalue weighted by molar-refractivity contribution is -0.143. The maximum absolute atomic E-state index is 11.9. The number of aliphatic carboxylic acids is 1. The Labute approximate surface area is 112 Å². The first kappa shape index (κ1) is 15.2. The zero-order valence-corrected chi connectivity index (χ0v) is 12.0. The maximum Gasteiger partial charge on any atom is 0.326 e. The minimum atomic E-state index is -1.01. The summed E-state index contributed by atoms with van der Waals surface area (Å²) in [5, 5.41) is 15.8. The second kappa shape index (κ2) is 5.86. The molecule has 0 spiro atoms. The van der Waals surface area contributed by atoms with E-state index in [1.807, 2.05) is 20.9 Å². The van der Waals surface area contributed by atoms with Crippen molar-refractivity contribution in [2.45, 2.75) is 40.2 Å². The second-order valence-electron chi connectivity index (χ2n) is 5.08. The summed E-state index contributed by atoms with van der Waals surface area (Å²) in [5.74, 6) is -1.46. The van der Waals surface area contributed by atoms with Gasteiger partial charge in [-0.3, -0.25) is 9.48 Å². The first-order valence-electron chi connectivity index (χ1n) is 6.25. The molecule has 0 aliphatic heterocycles. The summed E-state index contributed by atoms with van der Waals surface area (Å²) < 4.78 is 1.72. The maximum atomic E-state index is 11.9. The number of aromatic nitrogens is 2. The third-order valence-electron chi connectivity index (χ3n) is 3.25. The molecule has 0 fully saturated rings. The van der Waals surface area contributed by atoms with E-state index >= 15 is 0 Å². The molecule has 1 aromatic rings. The number of hydrogen-bond donors (Lipinski definition) is 2. The standard InChI is InChI=1S/C13H21N3O3/c1-7(2)12(13(18)19)14-11(17)6-10-8(3)15-16(5)9(10)4/h7,12H,6H2,1-5H3,(H,14,17)(H,18,19)/t12-/m1/s1. The number of hydrogen-bond acceptors (Lipinski definition) is 3. The molecule has 0 aromatic carbocycles. The number of carboxylic acid groups (broad SMARTS) is 1. The Morgan fingerprint density at radius 3 is 2.32 bits per heavy atom. The number of amides is 1. The molecular formula is C13H21N3O3. The fraction of sp³-hybridized carbons (Fsp3) is 0.615. The van der Waals surface area contributed by atoms with Crippen LogP contribution < -0.4 is 5.32 Å². The third-order valence-corrected chi connectivity index (χ3v) is 3.25. The van der Waals surface area contributed by atoms with Crippen LogP contribution in [0.15, 0.2) is 0 Å². The normalized spacial score (nSPS) is 12.5. The van der Waals surface area contributed by atoms with Gasteiger partial charge in [-0.1, -0.05) is 13.8 Å². The summed E-state index contributed by atoms with van der Waals surface area (Å²) in [6.45, 7) is 7.26. The van der Waals surface area contributed by atoms with E-state index in [9.17, 15) is 9.59 Å². The van der Waals surface area contributed by atoms with Crippen molar-refractivity contribution in [1.29, 1.82) is 0 Å². The molecule has 106 valence electrons. The number of carboxylic acids is 1. The fourth-order valence-electron chi connectivity index (χ4n) is 1.97. The first-order chi connectivity index (χ1) is 8.73. The molecule has 0 bridgehead atoms. The summed E-state index contributed by atoms with van der Waals surface area (Å²) in [6.07, 6.45) is 0.155. The monoisotopic (exact) mass is 267 g/mol. The number of aryl methyl sites for hydroxylation is 2. The molecular weight excluding hydrogens is 246 g/mol. The highest BCUT2D eigenvalue weighted by molar-refractivity contribution is 5.85. The van der Waals surface area contributed by atoms with Gasteiger partial charge in [-0.2, -0.15) is 5.10 Å². The van der Waals surface area contributed by atoms with E-state index in [0.29, 0.717) is 0 Å². The van der Waals surface area contributed by atoms with Crippen molar-refractivity contribution in [3.05, 3.63) is 17.0 Å². The van der Waals surface area contributed by atoms with Crippen molar-refractivity contribution in [2.75, 3.05) is 0 Å². The average molecular weight is 267 g/mol. The zero-order chi connectivity index (χ0) is 14.7. The van der Waals surface area contributed by atoms with Crippen molar-refractivity contribution in [2.24, 2.45) is 13.0 Å². The van der Waals surface area contributed by atoms with Gasteiger partial charge in [-0.25, -0.2) is 4.79 Å². The van der Waals surface area contributed by atoms with E-state index in [-0.39, 0.29) is 18.2 Å². The lowest BCUT2D eigenvalue weighted by atomic mass is 10.0. The van der Waals surface area contributed by atoms with Gasteiger partial charge >= 0.3 is 5.97 Å². The molecule has 0 aliphatic carbocycles. The molecule has 6 heteroatoms. The van der Waals surface area contributed by atoms with E-state index < -0.39 is 12.0 Å². The number of nitrogens with zero attached hydrogens (tertiary/aromatic N) is 2. The van der Waals surface area contributed by atoms with Crippen LogP contribution in [-0.4, -0.2) is 32.8 Å². The van der Waals surface area contributed by atoms with Crippen LogP contribution in [0.25, 0.3) is 0 Å². The van der Waals surface area contributed by atoms with Crippen molar-refractivity contribution in [3.63, 3.8) is 0 Å². The second-order valence-corrected chi connectivity index (χ2v) is 5.08. The summed E-state index contributed by atoms with van der Waals surface area (Å²) in [4.78, 5) is 23.0. The van der Waals surface area contributed by atoms with E-state index in [1.165, 1.54) is 0 Å². The van der Waals surface area contributed by atoms with Gasteiger partial charge < -0.3 is 10.4 Å². The largest absolute Gasteiger partial charge is 0.480 e. The summed E-state index contributed by atoms with van der Waals surface area (Å²) in [7, 11) is 1.82. The molecule has 0 radical (unpaired) electrons. The fourth-order valence-corrected chi connectivity index (χ4v) is 1.97. The molecule has 1 aromatic heterocycles. The average Bonchev–Trinajstić information content (AvgIpc) is 2.52. The number of carbonyl (C=O) groups excluding carboxylic acids is 1. The summed E-state index contributed by atoms with van der Waals surface area (Å²) in [6, 6.07) is -0.857. The van der Waals surface area contributed by atoms with Gasteiger partial charge in [0.05, 0.1) is 12.1 Å². The van der Waals surface area contributed by atoms with Crippen LogP contribution in [0.1, 0.15) is 30.8 Å². The van der Waals surface area contributed by atoms with Crippen LogP contribution in [0.2, 0.25) is 0 Å². The summed E-state index contributed by atoms with van der Waals surface area (Å²) in [5.41, 5.74) is 2.57. The molecule has 1 heterocycles. The van der Waals surface area contributed by atoms with Gasteiger partial charge in [0.15, 0.2) is 0 Å². The minimum absolute atomic E-state index is 0.155. The first-order valence-corrected chi connectivity index (χ1v) is 6.25. The lowest BCUT2D eigenvalue weighted by Gasteiger charge is -2.17.